The summed E-state index contributed by atoms with van der Waals surface area (Å²) in [4.78, 5) is 31.1. The van der Waals surface area contributed by atoms with Gasteiger partial charge in [-0.2, -0.15) is 0 Å². The van der Waals surface area contributed by atoms with Gasteiger partial charge in [0.1, 0.15) is 11.4 Å². The number of aromatic nitrogens is 2. The highest BCUT2D eigenvalue weighted by Gasteiger charge is 2.16. The van der Waals surface area contributed by atoms with Gasteiger partial charge < -0.3 is 5.32 Å². The Labute approximate surface area is 189 Å². The van der Waals surface area contributed by atoms with E-state index in [1.807, 2.05) is 73.8 Å². The van der Waals surface area contributed by atoms with E-state index in [4.69, 9.17) is 0 Å². The van der Waals surface area contributed by atoms with E-state index in [-0.39, 0.29) is 18.0 Å². The van der Waals surface area contributed by atoms with Gasteiger partial charge in [-0.1, -0.05) is 54.1 Å². The number of nitrogens with one attached hydrogen (secondary N) is 1. The normalized spacial score (nSPS) is 11.2. The van der Waals surface area contributed by atoms with E-state index in [9.17, 15) is 9.59 Å². The highest BCUT2D eigenvalue weighted by Crippen LogP contribution is 2.33. The Morgan fingerprint density at radius 2 is 1.81 bits per heavy atom. The third-order valence-electron chi connectivity index (χ3n) is 5.58. The summed E-state index contributed by atoms with van der Waals surface area (Å²) >= 11 is 1.44. The van der Waals surface area contributed by atoms with Gasteiger partial charge >= 0.3 is 0 Å². The third-order valence-corrected chi connectivity index (χ3v) is 6.47. The molecule has 158 valence electrons. The zero-order chi connectivity index (χ0) is 22.2. The van der Waals surface area contributed by atoms with Crippen molar-refractivity contribution in [1.29, 1.82) is 0 Å². The molecule has 0 saturated carbocycles. The van der Waals surface area contributed by atoms with E-state index in [1.165, 1.54) is 27.8 Å². The number of benzene rings is 3. The molecule has 0 saturated heterocycles. The maximum Gasteiger partial charge on any atom is 0.263 e. The van der Waals surface area contributed by atoms with Crippen LogP contribution < -0.4 is 10.9 Å². The van der Waals surface area contributed by atoms with Gasteiger partial charge in [-0.15, -0.1) is 11.3 Å². The fourth-order valence-electron chi connectivity index (χ4n) is 4.02. The van der Waals surface area contributed by atoms with Crippen LogP contribution in [0.1, 0.15) is 11.1 Å². The zero-order valence-electron chi connectivity index (χ0n) is 17.8. The molecule has 5 rings (SSSR count). The quantitative estimate of drug-likeness (QED) is 0.400. The Bertz CT molecular complexity index is 1550. The fraction of sp³-hybridized carbons (Fsp3) is 0.115. The first-order chi connectivity index (χ1) is 15.5. The van der Waals surface area contributed by atoms with E-state index in [0.29, 0.717) is 15.9 Å². The first-order valence-corrected chi connectivity index (χ1v) is 11.2. The number of thiophene rings is 1. The Balaban J connectivity index is 1.45. The summed E-state index contributed by atoms with van der Waals surface area (Å²) in [6, 6.07) is 19.9. The van der Waals surface area contributed by atoms with Crippen molar-refractivity contribution in [3.05, 3.63) is 93.9 Å². The van der Waals surface area contributed by atoms with Crippen molar-refractivity contribution in [1.82, 2.24) is 9.55 Å². The van der Waals surface area contributed by atoms with Crippen molar-refractivity contribution < 1.29 is 4.79 Å². The summed E-state index contributed by atoms with van der Waals surface area (Å²) in [5.41, 5.74) is 4.64. The second-order valence-corrected chi connectivity index (χ2v) is 8.79. The molecule has 1 amide bonds. The number of carbonyl (C=O) groups excluding carboxylic acids is 1. The molecule has 0 bridgehead atoms. The molecule has 2 aromatic heterocycles. The lowest BCUT2D eigenvalue weighted by molar-refractivity contribution is -0.116. The Morgan fingerprint density at radius 3 is 2.62 bits per heavy atom. The molecule has 0 fully saturated rings. The summed E-state index contributed by atoms with van der Waals surface area (Å²) < 4.78 is 1.37. The highest BCUT2D eigenvalue weighted by atomic mass is 32.1. The van der Waals surface area contributed by atoms with E-state index >= 15 is 0 Å². The number of fused-ring (bicyclic) bond motifs is 2. The van der Waals surface area contributed by atoms with Crippen LogP contribution in [0.3, 0.4) is 0 Å². The van der Waals surface area contributed by atoms with Crippen molar-refractivity contribution in [2.24, 2.45) is 0 Å². The van der Waals surface area contributed by atoms with Crippen LogP contribution in [-0.2, 0) is 11.3 Å². The molecule has 0 aliphatic heterocycles. The Kier molecular flexibility index (Phi) is 5.07. The van der Waals surface area contributed by atoms with Crippen LogP contribution in [0.15, 0.2) is 77.2 Å². The second kappa shape index (κ2) is 8.05. The molecule has 6 heteroatoms. The van der Waals surface area contributed by atoms with Crippen molar-refractivity contribution in [3.8, 4) is 11.1 Å². The predicted molar refractivity (Wildman–Crippen MR) is 131 cm³/mol. The van der Waals surface area contributed by atoms with Gasteiger partial charge in [-0.3, -0.25) is 14.2 Å². The fourth-order valence-corrected chi connectivity index (χ4v) is 4.91. The molecular formula is C26H21N3O2S. The summed E-state index contributed by atoms with van der Waals surface area (Å²) in [5.74, 6) is -0.271. The molecule has 0 unspecified atom stereocenters. The first-order valence-electron chi connectivity index (χ1n) is 10.3. The van der Waals surface area contributed by atoms with Crippen molar-refractivity contribution >= 4 is 43.9 Å². The third kappa shape index (κ3) is 3.69. The predicted octanol–water partition coefficient (Wildman–Crippen LogP) is 5.53. The average Bonchev–Trinajstić information content (AvgIpc) is 3.20. The van der Waals surface area contributed by atoms with Crippen LogP contribution in [0, 0.1) is 13.8 Å². The lowest BCUT2D eigenvalue weighted by Crippen LogP contribution is -2.27. The van der Waals surface area contributed by atoms with Crippen molar-refractivity contribution in [2.45, 2.75) is 20.4 Å². The number of nitrogens with zero attached hydrogens (tertiary/aromatic N) is 2. The van der Waals surface area contributed by atoms with Gasteiger partial charge in [0.05, 0.1) is 11.7 Å². The lowest BCUT2D eigenvalue weighted by Gasteiger charge is -2.09. The maximum atomic E-state index is 13.3. The maximum absolute atomic E-state index is 13.3. The van der Waals surface area contributed by atoms with Gasteiger partial charge in [-0.25, -0.2) is 4.98 Å². The number of hydrogen-bond acceptors (Lipinski definition) is 4. The number of amides is 1. The molecular weight excluding hydrogens is 418 g/mol. The molecule has 2 heterocycles. The number of anilines is 1. The van der Waals surface area contributed by atoms with Gasteiger partial charge in [0.2, 0.25) is 5.91 Å². The largest absolute Gasteiger partial charge is 0.325 e. The molecule has 0 aliphatic carbocycles. The molecule has 0 aliphatic rings. The average molecular weight is 440 g/mol. The van der Waals surface area contributed by atoms with Gasteiger partial charge in [0, 0.05) is 16.6 Å². The zero-order valence-corrected chi connectivity index (χ0v) is 18.6. The summed E-state index contributed by atoms with van der Waals surface area (Å²) in [5, 5.41) is 7.56. The minimum absolute atomic E-state index is 0.100. The van der Waals surface area contributed by atoms with Gasteiger partial charge in [0.25, 0.3) is 5.56 Å². The Morgan fingerprint density at radius 1 is 1.00 bits per heavy atom. The van der Waals surface area contributed by atoms with E-state index in [1.54, 1.807) is 0 Å². The minimum atomic E-state index is -0.271. The summed E-state index contributed by atoms with van der Waals surface area (Å²) in [7, 11) is 0. The molecule has 5 nitrogen and oxygen atoms in total. The SMILES string of the molecule is Cc1ccc(-c2csc3ncn(CC(=O)Nc4ccc5ccccc5c4)c(=O)c23)c(C)c1. The minimum Gasteiger partial charge on any atom is -0.325 e. The smallest absolute Gasteiger partial charge is 0.263 e. The van der Waals surface area contributed by atoms with Crippen LogP contribution in [0.4, 0.5) is 5.69 Å². The molecule has 1 N–H and O–H groups in total. The summed E-state index contributed by atoms with van der Waals surface area (Å²) in [6.45, 7) is 3.99. The van der Waals surface area contributed by atoms with E-state index in [2.05, 4.69) is 16.4 Å². The lowest BCUT2D eigenvalue weighted by atomic mass is 9.99. The molecule has 5 aromatic rings. The van der Waals surface area contributed by atoms with Crippen LogP contribution >= 0.6 is 11.3 Å². The number of rotatable bonds is 4. The molecule has 0 radical (unpaired) electrons. The molecule has 3 aromatic carbocycles. The second-order valence-electron chi connectivity index (χ2n) is 7.94. The Hall–Kier alpha value is -3.77. The first kappa shape index (κ1) is 20.2. The van der Waals surface area contributed by atoms with Gasteiger partial charge in [-0.05, 0) is 47.9 Å². The van der Waals surface area contributed by atoms with Crippen LogP contribution in [0.2, 0.25) is 0 Å². The summed E-state index contributed by atoms with van der Waals surface area (Å²) in [6.07, 6.45) is 1.45. The molecule has 0 spiro atoms. The highest BCUT2D eigenvalue weighted by molar-refractivity contribution is 7.17. The van der Waals surface area contributed by atoms with Crippen LogP contribution in [0.25, 0.3) is 32.1 Å². The van der Waals surface area contributed by atoms with Crippen molar-refractivity contribution in [3.63, 3.8) is 0 Å². The van der Waals surface area contributed by atoms with E-state index < -0.39 is 0 Å². The van der Waals surface area contributed by atoms with Crippen LogP contribution in [-0.4, -0.2) is 15.5 Å². The number of hydrogen-bond donors (Lipinski definition) is 1. The van der Waals surface area contributed by atoms with Crippen LogP contribution in [0.5, 0.6) is 0 Å². The number of carbonyl (C=O) groups is 1. The van der Waals surface area contributed by atoms with Gasteiger partial charge in [0.15, 0.2) is 0 Å². The monoisotopic (exact) mass is 439 g/mol. The van der Waals surface area contributed by atoms with Crippen molar-refractivity contribution in [2.75, 3.05) is 5.32 Å². The standard InChI is InChI=1S/C26H21N3O2S/c1-16-7-10-21(17(2)11-16)22-14-32-25-24(22)26(31)29(15-27-25)13-23(30)28-20-9-8-18-5-3-4-6-19(18)12-20/h3-12,14-15H,13H2,1-2H3,(H,28,30). The van der Waals surface area contributed by atoms with E-state index in [0.717, 1.165) is 27.5 Å². The number of aryl methyl sites for hydroxylation is 2. The molecule has 32 heavy (non-hydrogen) atoms. The molecule has 0 atom stereocenters. The topological polar surface area (TPSA) is 64.0 Å².